The van der Waals surface area contributed by atoms with Crippen molar-refractivity contribution in [1.82, 2.24) is 15.5 Å². The third-order valence-electron chi connectivity index (χ3n) is 4.88. The number of morpholine rings is 1. The van der Waals surface area contributed by atoms with Crippen LogP contribution in [0.2, 0.25) is 0 Å². The first-order valence-corrected chi connectivity index (χ1v) is 10.7. The fourth-order valence-corrected chi connectivity index (χ4v) is 3.64. The monoisotopic (exact) mass is 384 g/mol. The number of aliphatic imine (C=N–C) groups is 1. The summed E-state index contributed by atoms with van der Waals surface area (Å²) in [5.74, 6) is 1.50. The van der Waals surface area contributed by atoms with Gasteiger partial charge in [-0.25, -0.2) is 0 Å². The van der Waals surface area contributed by atoms with E-state index in [0.29, 0.717) is 18.1 Å². The SMILES string of the molecule is CCNC(=NCCCOCC1CCOC1)NCCCN1CC(C)OC(C)C1. The van der Waals surface area contributed by atoms with E-state index in [2.05, 4.69) is 41.3 Å². The summed E-state index contributed by atoms with van der Waals surface area (Å²) in [6, 6.07) is 0. The molecule has 27 heavy (non-hydrogen) atoms. The molecule has 7 heteroatoms. The number of rotatable bonds is 11. The summed E-state index contributed by atoms with van der Waals surface area (Å²) in [5.41, 5.74) is 0. The van der Waals surface area contributed by atoms with E-state index in [0.717, 1.165) is 90.9 Å². The quantitative estimate of drug-likeness (QED) is 0.320. The molecule has 0 aromatic carbocycles. The van der Waals surface area contributed by atoms with Crippen LogP contribution < -0.4 is 10.6 Å². The molecule has 3 unspecified atom stereocenters. The van der Waals surface area contributed by atoms with Crippen LogP contribution in [0.5, 0.6) is 0 Å². The zero-order valence-corrected chi connectivity index (χ0v) is 17.5. The van der Waals surface area contributed by atoms with E-state index < -0.39 is 0 Å². The summed E-state index contributed by atoms with van der Waals surface area (Å²) in [6.45, 7) is 15.5. The first-order chi connectivity index (χ1) is 13.2. The summed E-state index contributed by atoms with van der Waals surface area (Å²) < 4.78 is 16.9. The smallest absolute Gasteiger partial charge is 0.191 e. The molecule has 0 aromatic rings. The minimum Gasteiger partial charge on any atom is -0.381 e. The Morgan fingerprint density at radius 1 is 1.19 bits per heavy atom. The second-order valence-electron chi connectivity index (χ2n) is 7.72. The fourth-order valence-electron chi connectivity index (χ4n) is 3.64. The Morgan fingerprint density at radius 2 is 2.00 bits per heavy atom. The van der Waals surface area contributed by atoms with Gasteiger partial charge in [-0.2, -0.15) is 0 Å². The maximum Gasteiger partial charge on any atom is 0.191 e. The molecule has 2 saturated heterocycles. The predicted octanol–water partition coefficient (Wildman–Crippen LogP) is 1.48. The molecule has 2 fully saturated rings. The molecule has 2 rings (SSSR count). The normalized spacial score (nSPS) is 27.1. The van der Waals surface area contributed by atoms with E-state index >= 15 is 0 Å². The Kier molecular flexibility index (Phi) is 11.0. The van der Waals surface area contributed by atoms with Crippen LogP contribution >= 0.6 is 0 Å². The lowest BCUT2D eigenvalue weighted by molar-refractivity contribution is -0.0679. The fraction of sp³-hybridized carbons (Fsp3) is 0.950. The summed E-state index contributed by atoms with van der Waals surface area (Å²) >= 11 is 0. The molecular weight excluding hydrogens is 344 g/mol. The molecule has 0 aliphatic carbocycles. The molecule has 0 spiro atoms. The van der Waals surface area contributed by atoms with Gasteiger partial charge in [0.05, 0.1) is 25.4 Å². The molecule has 2 heterocycles. The Bertz CT molecular complexity index is 406. The second kappa shape index (κ2) is 13.3. The molecule has 7 nitrogen and oxygen atoms in total. The third kappa shape index (κ3) is 9.74. The maximum atomic E-state index is 5.79. The number of guanidine groups is 1. The average Bonchev–Trinajstić information content (AvgIpc) is 3.14. The lowest BCUT2D eigenvalue weighted by Gasteiger charge is -2.35. The summed E-state index contributed by atoms with van der Waals surface area (Å²) in [5, 5.41) is 6.76. The molecule has 0 saturated carbocycles. The first-order valence-electron chi connectivity index (χ1n) is 10.7. The minimum atomic E-state index is 0.337. The first kappa shape index (κ1) is 22.4. The van der Waals surface area contributed by atoms with Crippen molar-refractivity contribution in [2.75, 3.05) is 65.7 Å². The molecule has 2 aliphatic rings. The maximum absolute atomic E-state index is 5.79. The van der Waals surface area contributed by atoms with Gasteiger partial charge in [-0.3, -0.25) is 9.89 Å². The van der Waals surface area contributed by atoms with Gasteiger partial charge < -0.3 is 24.8 Å². The number of ether oxygens (including phenoxy) is 3. The van der Waals surface area contributed by atoms with Gasteiger partial charge in [-0.15, -0.1) is 0 Å². The number of hydrogen-bond donors (Lipinski definition) is 2. The van der Waals surface area contributed by atoms with E-state index in [9.17, 15) is 0 Å². The highest BCUT2D eigenvalue weighted by Crippen LogP contribution is 2.12. The van der Waals surface area contributed by atoms with Gasteiger partial charge >= 0.3 is 0 Å². The van der Waals surface area contributed by atoms with Crippen molar-refractivity contribution in [3.05, 3.63) is 0 Å². The lowest BCUT2D eigenvalue weighted by Crippen LogP contribution is -2.46. The molecule has 0 amide bonds. The summed E-state index contributed by atoms with van der Waals surface area (Å²) in [7, 11) is 0. The number of hydrogen-bond acceptors (Lipinski definition) is 5. The van der Waals surface area contributed by atoms with Crippen molar-refractivity contribution >= 4 is 5.96 Å². The van der Waals surface area contributed by atoms with E-state index in [-0.39, 0.29) is 0 Å². The largest absolute Gasteiger partial charge is 0.381 e. The highest BCUT2D eigenvalue weighted by Gasteiger charge is 2.21. The number of nitrogens with one attached hydrogen (secondary N) is 2. The lowest BCUT2D eigenvalue weighted by atomic mass is 10.1. The van der Waals surface area contributed by atoms with Gasteiger partial charge in [-0.1, -0.05) is 0 Å². The van der Waals surface area contributed by atoms with Crippen LogP contribution in [0.1, 0.15) is 40.0 Å². The van der Waals surface area contributed by atoms with Crippen LogP contribution in [0.15, 0.2) is 4.99 Å². The minimum absolute atomic E-state index is 0.337. The highest BCUT2D eigenvalue weighted by atomic mass is 16.5. The molecule has 0 aromatic heterocycles. The molecular formula is C20H40N4O3. The topological polar surface area (TPSA) is 67.4 Å². The van der Waals surface area contributed by atoms with Crippen LogP contribution in [0.3, 0.4) is 0 Å². The van der Waals surface area contributed by atoms with Crippen LogP contribution in [0.4, 0.5) is 0 Å². The van der Waals surface area contributed by atoms with Gasteiger partial charge in [0, 0.05) is 58.4 Å². The third-order valence-corrected chi connectivity index (χ3v) is 4.88. The molecule has 3 atom stereocenters. The van der Waals surface area contributed by atoms with Crippen molar-refractivity contribution in [2.45, 2.75) is 52.2 Å². The van der Waals surface area contributed by atoms with Gasteiger partial charge in [0.25, 0.3) is 0 Å². The Labute approximate surface area is 165 Å². The molecule has 0 radical (unpaired) electrons. The number of nitrogens with zero attached hydrogens (tertiary/aromatic N) is 2. The summed E-state index contributed by atoms with van der Waals surface area (Å²) in [4.78, 5) is 7.14. The van der Waals surface area contributed by atoms with E-state index in [1.807, 2.05) is 0 Å². The zero-order valence-electron chi connectivity index (χ0n) is 17.5. The summed E-state index contributed by atoms with van der Waals surface area (Å²) in [6.07, 6.45) is 3.87. The Morgan fingerprint density at radius 3 is 2.70 bits per heavy atom. The molecule has 2 N–H and O–H groups in total. The van der Waals surface area contributed by atoms with Crippen molar-refractivity contribution in [1.29, 1.82) is 0 Å². The standard InChI is InChI=1S/C20H40N4O3/c1-4-21-20(23-9-6-11-25-15-19-7-12-26-16-19)22-8-5-10-24-13-17(2)27-18(3)14-24/h17-19H,4-16H2,1-3H3,(H2,21,22,23). The van der Waals surface area contributed by atoms with E-state index in [1.165, 1.54) is 0 Å². The molecule has 158 valence electrons. The predicted molar refractivity (Wildman–Crippen MR) is 109 cm³/mol. The van der Waals surface area contributed by atoms with Crippen LogP contribution in [0, 0.1) is 5.92 Å². The van der Waals surface area contributed by atoms with Crippen molar-refractivity contribution < 1.29 is 14.2 Å². The second-order valence-corrected chi connectivity index (χ2v) is 7.72. The van der Waals surface area contributed by atoms with Crippen molar-refractivity contribution in [2.24, 2.45) is 10.9 Å². The Hall–Kier alpha value is -0.890. The van der Waals surface area contributed by atoms with Crippen LogP contribution in [-0.4, -0.2) is 88.8 Å². The molecule has 2 aliphatic heterocycles. The van der Waals surface area contributed by atoms with Gasteiger partial charge in [0.2, 0.25) is 0 Å². The Balaban J connectivity index is 1.53. The zero-order chi connectivity index (χ0) is 19.3. The van der Waals surface area contributed by atoms with Crippen molar-refractivity contribution in [3.63, 3.8) is 0 Å². The van der Waals surface area contributed by atoms with Crippen LogP contribution in [0.25, 0.3) is 0 Å². The van der Waals surface area contributed by atoms with E-state index in [1.54, 1.807) is 0 Å². The van der Waals surface area contributed by atoms with Gasteiger partial charge in [0.15, 0.2) is 5.96 Å². The van der Waals surface area contributed by atoms with Gasteiger partial charge in [-0.05, 0) is 40.0 Å². The van der Waals surface area contributed by atoms with Crippen molar-refractivity contribution in [3.8, 4) is 0 Å². The molecule has 0 bridgehead atoms. The van der Waals surface area contributed by atoms with Crippen LogP contribution in [-0.2, 0) is 14.2 Å². The highest BCUT2D eigenvalue weighted by molar-refractivity contribution is 5.79. The average molecular weight is 385 g/mol. The van der Waals surface area contributed by atoms with E-state index in [4.69, 9.17) is 14.2 Å². The van der Waals surface area contributed by atoms with Gasteiger partial charge in [0.1, 0.15) is 0 Å².